The van der Waals surface area contributed by atoms with E-state index in [4.69, 9.17) is 11.0 Å². The van der Waals surface area contributed by atoms with Gasteiger partial charge in [0.1, 0.15) is 5.82 Å². The summed E-state index contributed by atoms with van der Waals surface area (Å²) in [6, 6.07) is 5.43. The fourth-order valence-corrected chi connectivity index (χ4v) is 2.32. The highest BCUT2D eigenvalue weighted by molar-refractivity contribution is 7.17. The molecule has 0 unspecified atom stereocenters. The number of benzene rings is 1. The molecule has 0 saturated carbocycles. The highest BCUT2D eigenvalue weighted by Gasteiger charge is 2.10. The number of hydrogen-bond acceptors (Lipinski definition) is 3. The van der Waals surface area contributed by atoms with Gasteiger partial charge in [-0.2, -0.15) is 5.26 Å². The Morgan fingerprint density at radius 3 is 3.00 bits per heavy atom. The van der Waals surface area contributed by atoms with Crippen molar-refractivity contribution in [2.45, 2.75) is 6.42 Å². The second kappa shape index (κ2) is 3.28. The first-order valence-electron chi connectivity index (χ1n) is 4.05. The molecule has 0 atom stereocenters. The summed E-state index contributed by atoms with van der Waals surface area (Å²) in [7, 11) is 0. The predicted octanol–water partition coefficient (Wildman–Crippen LogP) is 2.69. The lowest BCUT2D eigenvalue weighted by atomic mass is 10.1. The summed E-state index contributed by atoms with van der Waals surface area (Å²) in [6.07, 6.45) is 0.213. The van der Waals surface area contributed by atoms with Crippen molar-refractivity contribution in [1.29, 1.82) is 5.26 Å². The first-order valence-corrected chi connectivity index (χ1v) is 4.93. The zero-order chi connectivity index (χ0) is 10.1. The SMILES string of the molecule is N#CCc1ccc(N)c2scc(F)c12. The van der Waals surface area contributed by atoms with Crippen molar-refractivity contribution in [2.24, 2.45) is 0 Å². The van der Waals surface area contributed by atoms with Crippen LogP contribution in [-0.2, 0) is 6.42 Å². The van der Waals surface area contributed by atoms with E-state index in [0.29, 0.717) is 16.6 Å². The van der Waals surface area contributed by atoms with E-state index in [9.17, 15) is 4.39 Å². The van der Waals surface area contributed by atoms with E-state index in [-0.39, 0.29) is 12.2 Å². The quantitative estimate of drug-likeness (QED) is 0.729. The average molecular weight is 206 g/mol. The Hall–Kier alpha value is -1.60. The second-order valence-electron chi connectivity index (χ2n) is 2.94. The number of nitrogens with zero attached hydrogens (tertiary/aromatic N) is 1. The van der Waals surface area contributed by atoms with Crippen LogP contribution in [0.4, 0.5) is 10.1 Å². The van der Waals surface area contributed by atoms with Crippen molar-refractivity contribution in [1.82, 2.24) is 0 Å². The van der Waals surface area contributed by atoms with Gasteiger partial charge >= 0.3 is 0 Å². The highest BCUT2D eigenvalue weighted by Crippen LogP contribution is 2.32. The summed E-state index contributed by atoms with van der Waals surface area (Å²) in [5.74, 6) is -0.289. The fraction of sp³-hybridized carbons (Fsp3) is 0.100. The van der Waals surface area contributed by atoms with Crippen LogP contribution in [0.5, 0.6) is 0 Å². The molecular weight excluding hydrogens is 199 g/mol. The van der Waals surface area contributed by atoms with Crippen molar-refractivity contribution in [2.75, 3.05) is 5.73 Å². The zero-order valence-corrected chi connectivity index (χ0v) is 8.07. The molecule has 2 nitrogen and oxygen atoms in total. The first kappa shape index (κ1) is 8.97. The maximum Gasteiger partial charge on any atom is 0.142 e. The van der Waals surface area contributed by atoms with Gasteiger partial charge in [0, 0.05) is 16.5 Å². The molecule has 1 aromatic heterocycles. The lowest BCUT2D eigenvalue weighted by Gasteiger charge is -2.00. The number of thiophene rings is 1. The summed E-state index contributed by atoms with van der Waals surface area (Å²) < 4.78 is 14.1. The number of hydrogen-bond donors (Lipinski definition) is 1. The monoisotopic (exact) mass is 206 g/mol. The molecule has 2 rings (SSSR count). The number of nitrogen functional groups attached to an aromatic ring is 1. The first-order chi connectivity index (χ1) is 6.74. The van der Waals surface area contributed by atoms with Crippen LogP contribution < -0.4 is 5.73 Å². The molecule has 0 aliphatic rings. The number of fused-ring (bicyclic) bond motifs is 1. The van der Waals surface area contributed by atoms with E-state index in [0.717, 1.165) is 4.70 Å². The van der Waals surface area contributed by atoms with Gasteiger partial charge < -0.3 is 5.73 Å². The van der Waals surface area contributed by atoms with E-state index in [1.165, 1.54) is 16.7 Å². The Morgan fingerprint density at radius 2 is 2.29 bits per heavy atom. The largest absolute Gasteiger partial charge is 0.398 e. The number of halogens is 1. The van der Waals surface area contributed by atoms with Gasteiger partial charge in [0.05, 0.1) is 17.2 Å². The normalized spacial score (nSPS) is 10.3. The smallest absolute Gasteiger partial charge is 0.142 e. The van der Waals surface area contributed by atoms with Crippen LogP contribution in [0.3, 0.4) is 0 Å². The van der Waals surface area contributed by atoms with Crippen molar-refractivity contribution >= 4 is 27.1 Å². The summed E-state index contributed by atoms with van der Waals surface area (Å²) in [6.45, 7) is 0. The Kier molecular flexibility index (Phi) is 2.10. The minimum Gasteiger partial charge on any atom is -0.398 e. The summed E-state index contributed by atoms with van der Waals surface area (Å²) in [4.78, 5) is 0. The molecule has 0 saturated heterocycles. The number of nitriles is 1. The number of nitrogens with two attached hydrogens (primary N) is 1. The lowest BCUT2D eigenvalue weighted by Crippen LogP contribution is -1.89. The third-order valence-corrected chi connectivity index (χ3v) is 3.06. The van der Waals surface area contributed by atoms with Crippen molar-refractivity contribution in [3.63, 3.8) is 0 Å². The van der Waals surface area contributed by atoms with Gasteiger partial charge in [0.25, 0.3) is 0 Å². The molecule has 0 amide bonds. The third-order valence-electron chi connectivity index (χ3n) is 2.06. The fourth-order valence-electron chi connectivity index (χ4n) is 1.43. The number of anilines is 1. The topological polar surface area (TPSA) is 49.8 Å². The summed E-state index contributed by atoms with van der Waals surface area (Å²) in [5, 5.41) is 10.5. The van der Waals surface area contributed by atoms with E-state index in [1.54, 1.807) is 12.1 Å². The molecule has 2 N–H and O–H groups in total. The van der Waals surface area contributed by atoms with Gasteiger partial charge in [-0.25, -0.2) is 4.39 Å². The molecule has 0 spiro atoms. The minimum atomic E-state index is -0.289. The van der Waals surface area contributed by atoms with Gasteiger partial charge in [0.15, 0.2) is 0 Å². The van der Waals surface area contributed by atoms with Crippen LogP contribution in [0.2, 0.25) is 0 Å². The van der Waals surface area contributed by atoms with Crippen LogP contribution >= 0.6 is 11.3 Å². The Bertz CT molecular complexity index is 525. The van der Waals surface area contributed by atoms with E-state index in [1.807, 2.05) is 6.07 Å². The third kappa shape index (κ3) is 1.22. The molecule has 0 radical (unpaired) electrons. The van der Waals surface area contributed by atoms with E-state index < -0.39 is 0 Å². The molecule has 0 bridgehead atoms. The molecule has 0 aliphatic heterocycles. The van der Waals surface area contributed by atoms with Gasteiger partial charge in [-0.15, -0.1) is 11.3 Å². The maximum atomic E-state index is 13.4. The van der Waals surface area contributed by atoms with Crippen LogP contribution in [0, 0.1) is 17.1 Å². The van der Waals surface area contributed by atoms with Crippen molar-refractivity contribution < 1.29 is 4.39 Å². The van der Waals surface area contributed by atoms with Crippen LogP contribution in [-0.4, -0.2) is 0 Å². The van der Waals surface area contributed by atoms with Gasteiger partial charge in [-0.05, 0) is 11.6 Å². The highest BCUT2D eigenvalue weighted by atomic mass is 32.1. The molecule has 14 heavy (non-hydrogen) atoms. The summed E-state index contributed by atoms with van der Waals surface area (Å²) >= 11 is 1.27. The summed E-state index contributed by atoms with van der Waals surface area (Å²) in [5.41, 5.74) is 6.96. The van der Waals surface area contributed by atoms with Crippen LogP contribution in [0.15, 0.2) is 17.5 Å². The van der Waals surface area contributed by atoms with E-state index in [2.05, 4.69) is 0 Å². The molecule has 2 aromatic rings. The molecule has 70 valence electrons. The van der Waals surface area contributed by atoms with Crippen molar-refractivity contribution in [3.05, 3.63) is 28.9 Å². The Balaban J connectivity index is 2.80. The number of rotatable bonds is 1. The van der Waals surface area contributed by atoms with Gasteiger partial charge in [-0.1, -0.05) is 6.07 Å². The zero-order valence-electron chi connectivity index (χ0n) is 7.25. The Morgan fingerprint density at radius 1 is 1.50 bits per heavy atom. The standard InChI is InChI=1S/C10H7FN2S/c11-7-5-14-10-8(13)2-1-6(3-4-12)9(7)10/h1-2,5H,3,13H2. The minimum absolute atomic E-state index is 0.213. The molecular formula is C10H7FN2S. The average Bonchev–Trinajstić information content (AvgIpc) is 2.55. The molecule has 4 heteroatoms. The van der Waals surface area contributed by atoms with Crippen LogP contribution in [0.1, 0.15) is 5.56 Å². The lowest BCUT2D eigenvalue weighted by molar-refractivity contribution is 0.643. The Labute approximate surface area is 84.4 Å². The van der Waals surface area contributed by atoms with Crippen LogP contribution in [0.25, 0.3) is 10.1 Å². The van der Waals surface area contributed by atoms with Crippen molar-refractivity contribution in [3.8, 4) is 6.07 Å². The molecule has 0 fully saturated rings. The molecule has 1 heterocycles. The molecule has 1 aromatic carbocycles. The maximum absolute atomic E-state index is 13.4. The van der Waals surface area contributed by atoms with Gasteiger partial charge in [0.2, 0.25) is 0 Å². The van der Waals surface area contributed by atoms with Gasteiger partial charge in [-0.3, -0.25) is 0 Å². The van der Waals surface area contributed by atoms with E-state index >= 15 is 0 Å². The second-order valence-corrected chi connectivity index (χ2v) is 3.82. The predicted molar refractivity (Wildman–Crippen MR) is 55.5 cm³/mol. The molecule has 0 aliphatic carbocycles.